The Balaban J connectivity index is 1.72. The summed E-state index contributed by atoms with van der Waals surface area (Å²) in [4.78, 5) is 43.6. The predicted molar refractivity (Wildman–Crippen MR) is 120 cm³/mol. The second-order valence-electron chi connectivity index (χ2n) is 7.18. The maximum atomic E-state index is 4.74. The van der Waals surface area contributed by atoms with Crippen molar-refractivity contribution in [3.05, 3.63) is 49.6 Å². The molecular formula is C20H20N12. The summed E-state index contributed by atoms with van der Waals surface area (Å²) in [5.74, 6) is 4.88. The molecule has 4 aromatic heterocycles. The van der Waals surface area contributed by atoms with Gasteiger partial charge in [0.1, 0.15) is 0 Å². The number of hydrogen-bond donors (Lipinski definition) is 0. The molecule has 0 unspecified atom stereocenters. The molecule has 32 heavy (non-hydrogen) atoms. The Morgan fingerprint density at radius 2 is 0.500 bits per heavy atom. The second-order valence-corrected chi connectivity index (χ2v) is 7.18. The lowest BCUT2D eigenvalue weighted by atomic mass is 10.4. The summed E-state index contributed by atoms with van der Waals surface area (Å²) in [6.45, 7) is 0. The third-order valence-corrected chi connectivity index (χ3v) is 5.19. The molecule has 0 N–H and O–H groups in total. The lowest BCUT2D eigenvalue weighted by Crippen LogP contribution is -2.21. The molecule has 0 aliphatic carbocycles. The van der Waals surface area contributed by atoms with Gasteiger partial charge in [0.2, 0.25) is 0 Å². The highest BCUT2D eigenvalue weighted by atomic mass is 15.3. The standard InChI is InChI=1S/C20H20N12/c1-29-13-5-21-7-15(25-13)30(2)17-9-23-11-19(27-17)32(4)20-12-24-10-18(28-20)31(3)16-8-22-6-14(29)26-16/h5-12H,1-4H3. The summed E-state index contributed by atoms with van der Waals surface area (Å²) in [5, 5.41) is 0. The van der Waals surface area contributed by atoms with Gasteiger partial charge >= 0.3 is 0 Å². The van der Waals surface area contributed by atoms with Crippen LogP contribution in [0.5, 0.6) is 0 Å². The average molecular weight is 428 g/mol. The van der Waals surface area contributed by atoms with Crippen LogP contribution in [0.1, 0.15) is 0 Å². The van der Waals surface area contributed by atoms with E-state index in [2.05, 4.69) is 19.9 Å². The molecule has 8 bridgehead atoms. The first-order valence-corrected chi connectivity index (χ1v) is 9.74. The van der Waals surface area contributed by atoms with E-state index >= 15 is 0 Å². The van der Waals surface area contributed by atoms with Gasteiger partial charge in [0.15, 0.2) is 46.5 Å². The molecule has 5 heterocycles. The van der Waals surface area contributed by atoms with E-state index < -0.39 is 0 Å². The third kappa shape index (κ3) is 3.37. The molecule has 0 amide bonds. The average Bonchev–Trinajstić information content (AvgIpc) is 2.86. The number of anilines is 8. The first kappa shape index (κ1) is 19.5. The molecule has 0 fully saturated rings. The van der Waals surface area contributed by atoms with Crippen molar-refractivity contribution < 1.29 is 0 Å². The highest BCUT2D eigenvalue weighted by Crippen LogP contribution is 2.29. The number of nitrogens with zero attached hydrogens (tertiary/aromatic N) is 12. The molecule has 0 aromatic carbocycles. The van der Waals surface area contributed by atoms with E-state index in [0.29, 0.717) is 46.5 Å². The molecule has 1 aliphatic heterocycles. The van der Waals surface area contributed by atoms with E-state index in [1.165, 1.54) is 0 Å². The van der Waals surface area contributed by atoms with Crippen molar-refractivity contribution >= 4 is 46.5 Å². The van der Waals surface area contributed by atoms with Crippen molar-refractivity contribution in [2.24, 2.45) is 0 Å². The molecule has 160 valence electrons. The minimum Gasteiger partial charge on any atom is -0.311 e. The van der Waals surface area contributed by atoms with E-state index in [1.807, 2.05) is 47.8 Å². The van der Waals surface area contributed by atoms with Gasteiger partial charge in [-0.05, 0) is 0 Å². The van der Waals surface area contributed by atoms with E-state index in [0.717, 1.165) is 0 Å². The summed E-state index contributed by atoms with van der Waals surface area (Å²) in [7, 11) is 7.45. The summed E-state index contributed by atoms with van der Waals surface area (Å²) in [6.07, 6.45) is 13.4. The lowest BCUT2D eigenvalue weighted by molar-refractivity contribution is 0.959. The molecule has 0 spiro atoms. The minimum atomic E-state index is 0.610. The van der Waals surface area contributed by atoms with Crippen LogP contribution in [0.3, 0.4) is 0 Å². The van der Waals surface area contributed by atoms with E-state index in [9.17, 15) is 0 Å². The highest BCUT2D eigenvalue weighted by Gasteiger charge is 2.18. The van der Waals surface area contributed by atoms with Crippen molar-refractivity contribution in [1.29, 1.82) is 0 Å². The molecular weight excluding hydrogens is 408 g/mol. The monoisotopic (exact) mass is 428 g/mol. The fourth-order valence-electron chi connectivity index (χ4n) is 3.15. The minimum absolute atomic E-state index is 0.610. The Morgan fingerprint density at radius 1 is 0.344 bits per heavy atom. The van der Waals surface area contributed by atoms with Gasteiger partial charge in [-0.3, -0.25) is 19.9 Å². The zero-order chi connectivity index (χ0) is 22.2. The van der Waals surface area contributed by atoms with Crippen molar-refractivity contribution in [2.45, 2.75) is 0 Å². The SMILES string of the molecule is CN1c2cncc(n2)N(C)c2cncc(n2)N(C)c2cncc(n2)N(C)c2cncc1n2. The molecule has 5 rings (SSSR count). The number of hydrogen-bond acceptors (Lipinski definition) is 12. The van der Waals surface area contributed by atoms with E-state index in [1.54, 1.807) is 49.6 Å². The van der Waals surface area contributed by atoms with Crippen LogP contribution in [0.4, 0.5) is 46.5 Å². The summed E-state index contributed by atoms with van der Waals surface area (Å²) in [5.41, 5.74) is 0. The predicted octanol–water partition coefficient (Wildman–Crippen LogP) is 2.23. The maximum Gasteiger partial charge on any atom is 0.154 e. The van der Waals surface area contributed by atoms with Crippen molar-refractivity contribution in [3.8, 4) is 0 Å². The van der Waals surface area contributed by atoms with Crippen molar-refractivity contribution in [2.75, 3.05) is 47.8 Å². The smallest absolute Gasteiger partial charge is 0.154 e. The molecule has 0 radical (unpaired) electrons. The fraction of sp³-hybridized carbons (Fsp3) is 0.200. The number of rotatable bonds is 0. The van der Waals surface area contributed by atoms with Crippen LogP contribution in [0.15, 0.2) is 49.6 Å². The first-order chi connectivity index (χ1) is 15.5. The van der Waals surface area contributed by atoms with Gasteiger partial charge < -0.3 is 19.6 Å². The Labute approximate surface area is 184 Å². The molecule has 12 heteroatoms. The third-order valence-electron chi connectivity index (χ3n) is 5.19. The van der Waals surface area contributed by atoms with Gasteiger partial charge in [0.25, 0.3) is 0 Å². The Hall–Kier alpha value is -4.48. The van der Waals surface area contributed by atoms with E-state index in [-0.39, 0.29) is 0 Å². The van der Waals surface area contributed by atoms with Crippen LogP contribution in [0.2, 0.25) is 0 Å². The van der Waals surface area contributed by atoms with Crippen LogP contribution in [0, 0.1) is 0 Å². The van der Waals surface area contributed by atoms with Crippen LogP contribution in [0.25, 0.3) is 0 Å². The maximum absolute atomic E-state index is 4.74. The molecule has 0 saturated heterocycles. The Morgan fingerprint density at radius 3 is 0.656 bits per heavy atom. The van der Waals surface area contributed by atoms with Crippen molar-refractivity contribution in [3.63, 3.8) is 0 Å². The Kier molecular flexibility index (Phi) is 4.66. The highest BCUT2D eigenvalue weighted by molar-refractivity contribution is 5.65. The first-order valence-electron chi connectivity index (χ1n) is 9.74. The van der Waals surface area contributed by atoms with Crippen molar-refractivity contribution in [1.82, 2.24) is 39.9 Å². The topological polar surface area (TPSA) is 116 Å². The van der Waals surface area contributed by atoms with Gasteiger partial charge in [-0.1, -0.05) is 0 Å². The molecule has 1 aliphatic rings. The van der Waals surface area contributed by atoms with Gasteiger partial charge in [0, 0.05) is 28.2 Å². The van der Waals surface area contributed by atoms with Gasteiger partial charge in [-0.2, -0.15) is 0 Å². The molecule has 0 saturated carbocycles. The van der Waals surface area contributed by atoms with Gasteiger partial charge in [0.05, 0.1) is 49.6 Å². The van der Waals surface area contributed by atoms with Crippen LogP contribution < -0.4 is 19.6 Å². The second kappa shape index (κ2) is 7.65. The summed E-state index contributed by atoms with van der Waals surface area (Å²) < 4.78 is 0. The van der Waals surface area contributed by atoms with Crippen LogP contribution in [-0.2, 0) is 0 Å². The summed E-state index contributed by atoms with van der Waals surface area (Å²) >= 11 is 0. The normalized spacial score (nSPS) is 13.4. The fourth-order valence-corrected chi connectivity index (χ4v) is 3.15. The number of aromatic nitrogens is 8. The molecule has 0 atom stereocenters. The number of fused-ring (bicyclic) bond motifs is 8. The summed E-state index contributed by atoms with van der Waals surface area (Å²) in [6, 6.07) is 0. The quantitative estimate of drug-likeness (QED) is 0.409. The van der Waals surface area contributed by atoms with E-state index in [4.69, 9.17) is 19.9 Å². The molecule has 4 aromatic rings. The molecule has 12 nitrogen and oxygen atoms in total. The van der Waals surface area contributed by atoms with Crippen LogP contribution in [-0.4, -0.2) is 68.1 Å². The van der Waals surface area contributed by atoms with Gasteiger partial charge in [-0.25, -0.2) is 19.9 Å². The zero-order valence-electron chi connectivity index (χ0n) is 18.0. The van der Waals surface area contributed by atoms with Gasteiger partial charge in [-0.15, -0.1) is 0 Å². The lowest BCUT2D eigenvalue weighted by Gasteiger charge is -2.24. The van der Waals surface area contributed by atoms with Crippen LogP contribution >= 0.6 is 0 Å². The Bertz CT molecular complexity index is 1000. The largest absolute Gasteiger partial charge is 0.311 e. The zero-order valence-corrected chi connectivity index (χ0v) is 18.0.